The highest BCUT2D eigenvalue weighted by Crippen LogP contribution is 2.64. The van der Waals surface area contributed by atoms with Gasteiger partial charge in [-0.25, -0.2) is 9.48 Å². The number of nitrogens with one attached hydrogen (secondary N) is 1. The lowest BCUT2D eigenvalue weighted by Gasteiger charge is -2.62. The first-order valence-corrected chi connectivity index (χ1v) is 16.4. The summed E-state index contributed by atoms with van der Waals surface area (Å²) in [5.41, 5.74) is 1.84. The number of rotatable bonds is 14. The Hall–Kier alpha value is -4.10. The minimum atomic E-state index is -1.12. The predicted molar refractivity (Wildman–Crippen MR) is 172 cm³/mol. The van der Waals surface area contributed by atoms with E-state index in [2.05, 4.69) is 27.1 Å². The largest absolute Gasteiger partial charge is 0.477 e. The van der Waals surface area contributed by atoms with Gasteiger partial charge in [-0.2, -0.15) is 0 Å². The zero-order valence-electron chi connectivity index (χ0n) is 26.7. The van der Waals surface area contributed by atoms with E-state index >= 15 is 0 Å². The fraction of sp³-hybridized carbons (Fsp3) is 0.486. The van der Waals surface area contributed by atoms with Crippen LogP contribution in [0.25, 0.3) is 0 Å². The van der Waals surface area contributed by atoms with Crippen molar-refractivity contribution in [3.8, 4) is 11.5 Å². The highest BCUT2D eigenvalue weighted by molar-refractivity contribution is 5.93. The minimum absolute atomic E-state index is 0.0140. The third kappa shape index (κ3) is 5.42. The lowest BCUT2D eigenvalue weighted by molar-refractivity contribution is -0.187. The molecule has 47 heavy (non-hydrogen) atoms. The van der Waals surface area contributed by atoms with Crippen molar-refractivity contribution in [1.82, 2.24) is 19.9 Å². The molecule has 3 aromatic rings. The molecule has 1 spiro atoms. The normalized spacial score (nSPS) is 25.6. The molecule has 4 atom stereocenters. The third-order valence-corrected chi connectivity index (χ3v) is 10.1. The molecule has 0 amide bonds. The number of ketones is 1. The number of benzene rings is 2. The maximum Gasteiger partial charge on any atom is 0.343 e. The second-order valence-electron chi connectivity index (χ2n) is 12.6. The number of piperidine rings is 1. The maximum atomic E-state index is 13.3. The summed E-state index contributed by atoms with van der Waals surface area (Å²) in [6.07, 6.45) is 4.77. The Morgan fingerprint density at radius 2 is 2.00 bits per heavy atom. The van der Waals surface area contributed by atoms with Gasteiger partial charge in [0.1, 0.15) is 5.69 Å². The molecule has 7 rings (SSSR count). The van der Waals surface area contributed by atoms with Crippen molar-refractivity contribution in [2.24, 2.45) is 0 Å². The Bertz CT molecular complexity index is 1660. The number of likely N-dealkylation sites (tertiary alicyclic amines) is 1. The Labute approximate surface area is 273 Å². The van der Waals surface area contributed by atoms with Crippen LogP contribution >= 0.6 is 0 Å². The van der Waals surface area contributed by atoms with Crippen LogP contribution in [0, 0.1) is 0 Å². The van der Waals surface area contributed by atoms with Crippen molar-refractivity contribution < 1.29 is 33.6 Å². The fourth-order valence-electron chi connectivity index (χ4n) is 7.99. The maximum absolute atomic E-state index is 13.3. The van der Waals surface area contributed by atoms with Gasteiger partial charge >= 0.3 is 5.97 Å². The molecule has 3 heterocycles. The summed E-state index contributed by atoms with van der Waals surface area (Å²) in [5, 5.41) is 24.0. The number of aromatic nitrogens is 3. The smallest absolute Gasteiger partial charge is 0.343 e. The first-order valence-electron chi connectivity index (χ1n) is 16.4. The second-order valence-corrected chi connectivity index (χ2v) is 12.6. The van der Waals surface area contributed by atoms with Crippen molar-refractivity contribution in [3.05, 3.63) is 77.6 Å². The van der Waals surface area contributed by atoms with Gasteiger partial charge in [-0.1, -0.05) is 17.4 Å². The minimum Gasteiger partial charge on any atom is -0.477 e. The van der Waals surface area contributed by atoms with Gasteiger partial charge in [-0.3, -0.25) is 9.69 Å². The van der Waals surface area contributed by atoms with E-state index < -0.39 is 23.1 Å². The number of hydrogen-bond acceptors (Lipinski definition) is 11. The number of esters is 1. The van der Waals surface area contributed by atoms with Crippen LogP contribution in [0.2, 0.25) is 0 Å². The topological polar surface area (TPSA) is 137 Å². The molecule has 2 aliphatic carbocycles. The average Bonchev–Trinajstić information content (AvgIpc) is 3.68. The van der Waals surface area contributed by atoms with Crippen LogP contribution in [-0.2, 0) is 39.2 Å². The van der Waals surface area contributed by atoms with Gasteiger partial charge in [-0.05, 0) is 62.1 Å². The Kier molecular flexibility index (Phi) is 8.60. The number of carbonyl (C=O) groups excluding carboxylic acids is 2. The highest BCUT2D eigenvalue weighted by Gasteiger charge is 2.73. The molecule has 1 aromatic heterocycles. The zero-order chi connectivity index (χ0) is 32.6. The Balaban J connectivity index is 1.01. The quantitative estimate of drug-likeness (QED) is 0.116. The molecule has 12 nitrogen and oxygen atoms in total. The lowest BCUT2D eigenvalue weighted by Crippen LogP contribution is -2.76. The number of hydrogen-bond donors (Lipinski definition) is 2. The molecule has 1 saturated carbocycles. The van der Waals surface area contributed by atoms with E-state index in [1.54, 1.807) is 35.0 Å². The van der Waals surface area contributed by atoms with Gasteiger partial charge in [0.25, 0.3) is 0 Å². The van der Waals surface area contributed by atoms with Gasteiger partial charge in [0, 0.05) is 43.4 Å². The van der Waals surface area contributed by atoms with Crippen molar-refractivity contribution in [1.29, 1.82) is 0 Å². The van der Waals surface area contributed by atoms with Crippen LogP contribution in [0.4, 0.5) is 5.69 Å². The van der Waals surface area contributed by atoms with E-state index in [1.165, 1.54) is 0 Å². The Morgan fingerprint density at radius 1 is 1.17 bits per heavy atom. The number of carbonyl (C=O) groups is 2. The van der Waals surface area contributed by atoms with Gasteiger partial charge in [0.05, 0.1) is 55.7 Å². The number of ether oxygens (including phenoxy) is 4. The zero-order valence-corrected chi connectivity index (χ0v) is 26.7. The van der Waals surface area contributed by atoms with E-state index in [0.717, 1.165) is 29.1 Å². The number of anilines is 1. The fourth-order valence-corrected chi connectivity index (χ4v) is 7.99. The average molecular weight is 644 g/mol. The molecule has 2 aliphatic heterocycles. The van der Waals surface area contributed by atoms with Gasteiger partial charge < -0.3 is 29.4 Å². The SMILES string of the molecule is C=CCN1CC[C@]23c4c5ccc(OC(=O)c6ccc(NCc7cn(CCOCCOCC)nn7)cc6)c4O[C@H]2C(=O)CCC3(O)C1C5. The van der Waals surface area contributed by atoms with Crippen LogP contribution in [-0.4, -0.2) is 94.0 Å². The summed E-state index contributed by atoms with van der Waals surface area (Å²) in [5.74, 6) is 0.129. The molecular weight excluding hydrogens is 602 g/mol. The summed E-state index contributed by atoms with van der Waals surface area (Å²) in [6.45, 7) is 10.6. The second kappa shape index (κ2) is 12.8. The summed E-state index contributed by atoms with van der Waals surface area (Å²) in [6, 6.07) is 10.6. The molecule has 248 valence electrons. The van der Waals surface area contributed by atoms with Crippen LogP contribution in [0.15, 0.2) is 55.3 Å². The van der Waals surface area contributed by atoms with Crippen LogP contribution in [0.5, 0.6) is 11.5 Å². The number of Topliss-reactive ketones (excluding diaryl/α,β-unsaturated/α-hetero) is 1. The van der Waals surface area contributed by atoms with Gasteiger partial charge in [0.2, 0.25) is 0 Å². The molecule has 12 heteroatoms. The summed E-state index contributed by atoms with van der Waals surface area (Å²) < 4.78 is 24.8. The van der Waals surface area contributed by atoms with E-state index in [0.29, 0.717) is 76.6 Å². The molecule has 2 fully saturated rings. The highest BCUT2D eigenvalue weighted by atomic mass is 16.6. The molecule has 2 unspecified atom stereocenters. The molecule has 1 saturated heterocycles. The van der Waals surface area contributed by atoms with Gasteiger partial charge in [-0.15, -0.1) is 11.7 Å². The lowest BCUT2D eigenvalue weighted by atomic mass is 9.49. The van der Waals surface area contributed by atoms with Crippen molar-refractivity contribution in [2.45, 2.75) is 68.9 Å². The van der Waals surface area contributed by atoms with Crippen LogP contribution in [0.3, 0.4) is 0 Å². The van der Waals surface area contributed by atoms with Gasteiger partial charge in [0.15, 0.2) is 23.4 Å². The molecular formula is C35H41N5O7. The predicted octanol–water partition coefficient (Wildman–Crippen LogP) is 3.07. The van der Waals surface area contributed by atoms with E-state index in [4.69, 9.17) is 18.9 Å². The molecule has 2 bridgehead atoms. The number of nitrogens with zero attached hydrogens (tertiary/aromatic N) is 4. The van der Waals surface area contributed by atoms with Crippen LogP contribution in [0.1, 0.15) is 53.4 Å². The summed E-state index contributed by atoms with van der Waals surface area (Å²) in [7, 11) is 0. The van der Waals surface area contributed by atoms with Crippen molar-refractivity contribution in [2.75, 3.05) is 44.8 Å². The van der Waals surface area contributed by atoms with E-state index in [-0.39, 0.29) is 24.0 Å². The molecule has 4 aliphatic rings. The van der Waals surface area contributed by atoms with E-state index in [1.807, 2.05) is 25.3 Å². The third-order valence-electron chi connectivity index (χ3n) is 10.1. The monoisotopic (exact) mass is 643 g/mol. The Morgan fingerprint density at radius 3 is 2.81 bits per heavy atom. The standard InChI is InChI=1S/C35H41N5O7/c1-3-14-39-15-13-34-30-24-7-10-28(31(30)47-32(34)27(41)11-12-35(34,43)29(39)20-24)46-33(42)23-5-8-25(9-6-23)36-21-26-22-40(38-37-26)16-17-45-19-18-44-4-2/h3,5-10,22,29,32,36,43H,1,4,11-21H2,2H3/t29?,32-,34-,35?/m0/s1. The number of aliphatic hydroxyl groups is 1. The van der Waals surface area contributed by atoms with Crippen molar-refractivity contribution >= 4 is 17.4 Å². The van der Waals surface area contributed by atoms with Crippen LogP contribution < -0.4 is 14.8 Å². The first kappa shape index (κ1) is 31.5. The summed E-state index contributed by atoms with van der Waals surface area (Å²) >= 11 is 0. The molecule has 0 radical (unpaired) electrons. The van der Waals surface area contributed by atoms with E-state index in [9.17, 15) is 14.7 Å². The van der Waals surface area contributed by atoms with Crippen molar-refractivity contribution in [3.63, 3.8) is 0 Å². The first-order chi connectivity index (χ1) is 22.9. The molecule has 2 aromatic carbocycles. The molecule has 2 N–H and O–H groups in total. The summed E-state index contributed by atoms with van der Waals surface area (Å²) in [4.78, 5) is 28.9.